The van der Waals surface area contributed by atoms with Gasteiger partial charge in [0.05, 0.1) is 12.1 Å². The van der Waals surface area contributed by atoms with Crippen molar-refractivity contribution in [2.45, 2.75) is 13.5 Å². The van der Waals surface area contributed by atoms with Crippen LogP contribution in [0.4, 0.5) is 5.69 Å². The van der Waals surface area contributed by atoms with Crippen molar-refractivity contribution in [1.82, 2.24) is 4.57 Å². The molecule has 0 aliphatic heterocycles. The lowest BCUT2D eigenvalue weighted by Gasteiger charge is -2.14. The second-order valence-corrected chi connectivity index (χ2v) is 5.97. The molecule has 0 unspecified atom stereocenters. The van der Waals surface area contributed by atoms with Crippen molar-refractivity contribution in [1.29, 1.82) is 5.26 Å². The summed E-state index contributed by atoms with van der Waals surface area (Å²) in [5, 5.41) is 29.9. The predicted molar refractivity (Wildman–Crippen MR) is 103 cm³/mol. The van der Waals surface area contributed by atoms with E-state index in [0.29, 0.717) is 11.3 Å². The number of rotatable bonds is 4. The molecule has 1 aromatic heterocycles. The highest BCUT2D eigenvalue weighted by Crippen LogP contribution is 2.26. The highest BCUT2D eigenvalue weighted by Gasteiger charge is 2.18. The SMILES string of the molecule is Cc1c(C=Nc2ccccc2O)c(O)n(Cc2ccccc2)c(=O)c1C#N. The number of para-hydroxylation sites is 2. The molecule has 0 aliphatic carbocycles. The van der Waals surface area contributed by atoms with Crippen LogP contribution in [-0.4, -0.2) is 21.0 Å². The van der Waals surface area contributed by atoms with Crippen LogP contribution in [0.15, 0.2) is 64.4 Å². The molecule has 3 aromatic rings. The lowest BCUT2D eigenvalue weighted by atomic mass is 10.1. The minimum Gasteiger partial charge on any atom is -0.506 e. The van der Waals surface area contributed by atoms with Crippen LogP contribution < -0.4 is 5.56 Å². The van der Waals surface area contributed by atoms with Crippen molar-refractivity contribution >= 4 is 11.9 Å². The van der Waals surface area contributed by atoms with E-state index in [0.717, 1.165) is 10.1 Å². The fraction of sp³-hybridized carbons (Fsp3) is 0.0952. The summed E-state index contributed by atoms with van der Waals surface area (Å²) in [5.41, 5.74) is 1.11. The first kappa shape index (κ1) is 18.0. The molecule has 134 valence electrons. The quantitative estimate of drug-likeness (QED) is 0.699. The molecule has 0 atom stereocenters. The standard InChI is InChI=1S/C21H17N3O3/c1-14-16(11-22)20(26)24(13-15-7-3-2-4-8-15)21(27)17(14)12-23-18-9-5-6-10-19(18)25/h2-10,12,25,27H,13H2,1H3. The molecule has 0 spiro atoms. The number of benzene rings is 2. The summed E-state index contributed by atoms with van der Waals surface area (Å²) in [6.07, 6.45) is 1.35. The molecule has 27 heavy (non-hydrogen) atoms. The number of aromatic hydroxyl groups is 2. The van der Waals surface area contributed by atoms with Crippen LogP contribution in [0.5, 0.6) is 11.6 Å². The largest absolute Gasteiger partial charge is 0.506 e. The van der Waals surface area contributed by atoms with Crippen LogP contribution in [0.25, 0.3) is 0 Å². The van der Waals surface area contributed by atoms with Crippen molar-refractivity contribution in [3.05, 3.63) is 87.2 Å². The molecule has 0 aliphatic rings. The third kappa shape index (κ3) is 3.58. The zero-order valence-electron chi connectivity index (χ0n) is 14.6. The summed E-state index contributed by atoms with van der Waals surface area (Å²) in [6.45, 7) is 1.70. The Kier molecular flexibility index (Phi) is 5.04. The first-order chi connectivity index (χ1) is 13.0. The van der Waals surface area contributed by atoms with Gasteiger partial charge in [-0.25, -0.2) is 0 Å². The number of hydrogen-bond donors (Lipinski definition) is 2. The van der Waals surface area contributed by atoms with E-state index in [1.54, 1.807) is 25.1 Å². The molecule has 0 saturated carbocycles. The maximum absolute atomic E-state index is 12.6. The fourth-order valence-electron chi connectivity index (χ4n) is 2.75. The highest BCUT2D eigenvalue weighted by molar-refractivity contribution is 5.87. The van der Waals surface area contributed by atoms with E-state index in [4.69, 9.17) is 0 Å². The minimum absolute atomic E-state index is 0.0102. The van der Waals surface area contributed by atoms with E-state index >= 15 is 0 Å². The molecular formula is C21H17N3O3. The topological polar surface area (TPSA) is 98.6 Å². The molecule has 0 fully saturated rings. The van der Waals surface area contributed by atoms with Gasteiger partial charge in [-0.3, -0.25) is 14.4 Å². The molecule has 2 N–H and O–H groups in total. The molecule has 0 saturated heterocycles. The Morgan fingerprint density at radius 3 is 2.44 bits per heavy atom. The van der Waals surface area contributed by atoms with Gasteiger partial charge in [-0.2, -0.15) is 5.26 Å². The normalized spacial score (nSPS) is 10.8. The van der Waals surface area contributed by atoms with Gasteiger partial charge in [0.25, 0.3) is 5.56 Å². The number of nitrogens with zero attached hydrogens (tertiary/aromatic N) is 3. The van der Waals surface area contributed by atoms with E-state index in [-0.39, 0.29) is 29.3 Å². The van der Waals surface area contributed by atoms with Crippen LogP contribution in [0.2, 0.25) is 0 Å². The van der Waals surface area contributed by atoms with Gasteiger partial charge in [0, 0.05) is 6.21 Å². The first-order valence-electron chi connectivity index (χ1n) is 8.25. The molecule has 3 rings (SSSR count). The van der Waals surface area contributed by atoms with Crippen molar-refractivity contribution in [2.24, 2.45) is 4.99 Å². The Hall–Kier alpha value is -3.85. The smallest absolute Gasteiger partial charge is 0.271 e. The Bertz CT molecular complexity index is 1110. The lowest BCUT2D eigenvalue weighted by Crippen LogP contribution is -2.25. The molecule has 0 radical (unpaired) electrons. The number of hydrogen-bond acceptors (Lipinski definition) is 5. The van der Waals surface area contributed by atoms with Crippen LogP contribution in [0.3, 0.4) is 0 Å². The van der Waals surface area contributed by atoms with Gasteiger partial charge in [0.15, 0.2) is 0 Å². The molecule has 1 heterocycles. The monoisotopic (exact) mass is 359 g/mol. The average molecular weight is 359 g/mol. The van der Waals surface area contributed by atoms with E-state index in [9.17, 15) is 20.3 Å². The number of phenols is 1. The summed E-state index contributed by atoms with van der Waals surface area (Å²) in [5.74, 6) is -0.288. The van der Waals surface area contributed by atoms with E-state index in [2.05, 4.69) is 4.99 Å². The maximum Gasteiger partial charge on any atom is 0.271 e. The predicted octanol–water partition coefficient (Wildman–Crippen LogP) is 3.24. The van der Waals surface area contributed by atoms with E-state index in [1.807, 2.05) is 36.4 Å². The van der Waals surface area contributed by atoms with Crippen LogP contribution >= 0.6 is 0 Å². The van der Waals surface area contributed by atoms with E-state index < -0.39 is 5.56 Å². The minimum atomic E-state index is -0.559. The Balaban J connectivity index is 2.14. The van der Waals surface area contributed by atoms with Crippen LogP contribution in [0, 0.1) is 18.3 Å². The van der Waals surface area contributed by atoms with Crippen molar-refractivity contribution in [2.75, 3.05) is 0 Å². The van der Waals surface area contributed by atoms with E-state index in [1.165, 1.54) is 12.3 Å². The van der Waals surface area contributed by atoms with Gasteiger partial charge < -0.3 is 10.2 Å². The van der Waals surface area contributed by atoms with Crippen molar-refractivity contribution in [3.8, 4) is 17.7 Å². The number of nitriles is 1. The van der Waals surface area contributed by atoms with Crippen LogP contribution in [0.1, 0.15) is 22.3 Å². The zero-order chi connectivity index (χ0) is 19.4. The van der Waals surface area contributed by atoms with Crippen molar-refractivity contribution in [3.63, 3.8) is 0 Å². The summed E-state index contributed by atoms with van der Waals surface area (Å²) in [6, 6.07) is 17.6. The first-order valence-corrected chi connectivity index (χ1v) is 8.25. The second-order valence-electron chi connectivity index (χ2n) is 5.97. The maximum atomic E-state index is 12.6. The number of aliphatic imine (C=N–C) groups is 1. The average Bonchev–Trinajstić information content (AvgIpc) is 2.67. The Labute approximate surface area is 155 Å². The van der Waals surface area contributed by atoms with Gasteiger partial charge in [0.1, 0.15) is 23.1 Å². The molecule has 6 nitrogen and oxygen atoms in total. The zero-order valence-corrected chi connectivity index (χ0v) is 14.6. The van der Waals surface area contributed by atoms with Gasteiger partial charge in [0.2, 0.25) is 5.88 Å². The summed E-state index contributed by atoms with van der Waals surface area (Å²) >= 11 is 0. The fourth-order valence-corrected chi connectivity index (χ4v) is 2.75. The summed E-state index contributed by atoms with van der Waals surface area (Å²) in [7, 11) is 0. The van der Waals surface area contributed by atoms with Gasteiger partial charge in [-0.05, 0) is 30.2 Å². The van der Waals surface area contributed by atoms with Crippen LogP contribution in [-0.2, 0) is 6.54 Å². The second kappa shape index (κ2) is 7.58. The molecular weight excluding hydrogens is 342 g/mol. The summed E-state index contributed by atoms with van der Waals surface area (Å²) in [4.78, 5) is 16.8. The third-order valence-corrected chi connectivity index (χ3v) is 4.24. The highest BCUT2D eigenvalue weighted by atomic mass is 16.3. The molecule has 0 bridgehead atoms. The molecule has 0 amide bonds. The lowest BCUT2D eigenvalue weighted by molar-refractivity contribution is 0.413. The van der Waals surface area contributed by atoms with Gasteiger partial charge in [-0.1, -0.05) is 42.5 Å². The van der Waals surface area contributed by atoms with Crippen molar-refractivity contribution < 1.29 is 10.2 Å². The number of pyridine rings is 1. The summed E-state index contributed by atoms with van der Waals surface area (Å²) < 4.78 is 1.15. The van der Waals surface area contributed by atoms with Gasteiger partial charge in [-0.15, -0.1) is 0 Å². The molecule has 2 aromatic carbocycles. The Morgan fingerprint density at radius 2 is 1.78 bits per heavy atom. The molecule has 6 heteroatoms. The number of aromatic nitrogens is 1. The Morgan fingerprint density at radius 1 is 1.11 bits per heavy atom. The van der Waals surface area contributed by atoms with Gasteiger partial charge >= 0.3 is 0 Å². The third-order valence-electron chi connectivity index (χ3n) is 4.24. The number of phenolic OH excluding ortho intramolecular Hbond substituents is 1.